The summed E-state index contributed by atoms with van der Waals surface area (Å²) in [4.78, 5) is 2.42. The average Bonchev–Trinajstić information content (AvgIpc) is 2.62. The van der Waals surface area contributed by atoms with Crippen LogP contribution in [0.15, 0.2) is 40.2 Å². The van der Waals surface area contributed by atoms with Crippen molar-refractivity contribution < 1.29 is 0 Å². The van der Waals surface area contributed by atoms with Gasteiger partial charge in [-0.1, -0.05) is 30.1 Å². The molecule has 1 aromatic carbocycles. The van der Waals surface area contributed by atoms with Crippen molar-refractivity contribution in [2.45, 2.75) is 32.7 Å². The molecule has 2 aliphatic rings. The lowest BCUT2D eigenvalue weighted by atomic mass is 10.0. The second kappa shape index (κ2) is 8.87. The van der Waals surface area contributed by atoms with E-state index in [1.165, 1.54) is 0 Å². The number of likely N-dealkylation sites (N-methyl/N-ethyl adjacent to an activating group) is 1. The van der Waals surface area contributed by atoms with E-state index < -0.39 is 0 Å². The Hall–Kier alpha value is -1.89. The molecule has 0 saturated carbocycles. The summed E-state index contributed by atoms with van der Waals surface area (Å²) in [5, 5.41) is 24.3. The van der Waals surface area contributed by atoms with Gasteiger partial charge < -0.3 is 20.9 Å². The van der Waals surface area contributed by atoms with Crippen LogP contribution in [0.3, 0.4) is 0 Å². The highest BCUT2D eigenvalue weighted by Gasteiger charge is 2.23. The number of guanidine groups is 1. The Morgan fingerprint density at radius 3 is 2.93 bits per heavy atom. The van der Waals surface area contributed by atoms with Gasteiger partial charge in [0.25, 0.3) is 0 Å². The van der Waals surface area contributed by atoms with Gasteiger partial charge in [0.1, 0.15) is 5.71 Å². The fraction of sp³-hybridized carbons (Fsp3) is 0.421. The molecule has 0 radical (unpaired) electrons. The Morgan fingerprint density at radius 2 is 2.22 bits per heavy atom. The Morgan fingerprint density at radius 1 is 1.41 bits per heavy atom. The lowest BCUT2D eigenvalue weighted by molar-refractivity contribution is 0.209. The molecule has 8 heteroatoms. The average molecular weight is 407 g/mol. The molecule has 2 aliphatic heterocycles. The minimum Gasteiger partial charge on any atom is -0.350 e. The fourth-order valence-corrected chi connectivity index (χ4v) is 3.78. The maximum absolute atomic E-state index is 7.85. The van der Waals surface area contributed by atoms with E-state index in [-0.39, 0.29) is 0 Å². The van der Waals surface area contributed by atoms with Gasteiger partial charge in [-0.15, -0.1) is 10.2 Å². The number of likely N-dealkylation sites (tertiary alicyclic amines) is 1. The first-order valence-corrected chi connectivity index (χ1v) is 9.86. The predicted octanol–water partition coefficient (Wildman–Crippen LogP) is 3.65. The molecule has 0 aliphatic carbocycles. The SMILES string of the molecule is CCN1CCCC(NC2=NN=C(c3ccc(Cl)cc3Cl)/C(=C/C(C)=N)N2)C1. The number of halogens is 2. The van der Waals surface area contributed by atoms with E-state index >= 15 is 0 Å². The van der Waals surface area contributed by atoms with E-state index in [1.807, 2.05) is 6.07 Å². The van der Waals surface area contributed by atoms with Crippen LogP contribution in [0.1, 0.15) is 32.3 Å². The van der Waals surface area contributed by atoms with Gasteiger partial charge in [0.05, 0.1) is 10.7 Å². The van der Waals surface area contributed by atoms with Crippen LogP contribution in [0, 0.1) is 5.41 Å². The smallest absolute Gasteiger partial charge is 0.221 e. The summed E-state index contributed by atoms with van der Waals surface area (Å²) in [5.74, 6) is 0.597. The molecule has 3 rings (SSSR count). The number of nitrogens with one attached hydrogen (secondary N) is 3. The largest absolute Gasteiger partial charge is 0.350 e. The van der Waals surface area contributed by atoms with Crippen LogP contribution in [-0.4, -0.2) is 48.0 Å². The molecule has 0 spiro atoms. The highest BCUT2D eigenvalue weighted by Crippen LogP contribution is 2.24. The van der Waals surface area contributed by atoms with E-state index in [2.05, 4.69) is 32.7 Å². The van der Waals surface area contributed by atoms with Gasteiger partial charge in [-0.2, -0.15) is 0 Å². The van der Waals surface area contributed by atoms with Gasteiger partial charge in [-0.25, -0.2) is 0 Å². The monoisotopic (exact) mass is 406 g/mol. The lowest BCUT2D eigenvalue weighted by Gasteiger charge is -2.33. The van der Waals surface area contributed by atoms with Crippen LogP contribution in [0.4, 0.5) is 0 Å². The zero-order valence-electron chi connectivity index (χ0n) is 15.5. The van der Waals surface area contributed by atoms with Gasteiger partial charge in [0.15, 0.2) is 0 Å². The molecular weight excluding hydrogens is 383 g/mol. The van der Waals surface area contributed by atoms with Crippen LogP contribution in [0.25, 0.3) is 0 Å². The van der Waals surface area contributed by atoms with Crippen molar-refractivity contribution in [3.8, 4) is 0 Å². The van der Waals surface area contributed by atoms with Gasteiger partial charge in [0.2, 0.25) is 5.96 Å². The minimum absolute atomic E-state index is 0.322. The number of nitrogens with zero attached hydrogens (tertiary/aromatic N) is 3. The molecule has 0 bridgehead atoms. The molecule has 27 heavy (non-hydrogen) atoms. The number of rotatable bonds is 4. The Kier molecular flexibility index (Phi) is 6.52. The molecule has 6 nitrogen and oxygen atoms in total. The first-order valence-electron chi connectivity index (χ1n) is 9.10. The number of hydrogen-bond acceptors (Lipinski definition) is 6. The quantitative estimate of drug-likeness (QED) is 0.667. The molecule has 0 amide bonds. The summed E-state index contributed by atoms with van der Waals surface area (Å²) in [6.07, 6.45) is 3.98. The molecule has 1 aromatic rings. The summed E-state index contributed by atoms with van der Waals surface area (Å²) in [5.41, 5.74) is 2.41. The summed E-state index contributed by atoms with van der Waals surface area (Å²) >= 11 is 12.3. The van der Waals surface area contributed by atoms with Gasteiger partial charge in [-0.3, -0.25) is 0 Å². The Balaban J connectivity index is 1.85. The van der Waals surface area contributed by atoms with Crippen molar-refractivity contribution in [2.75, 3.05) is 19.6 Å². The van der Waals surface area contributed by atoms with Gasteiger partial charge in [-0.05, 0) is 57.1 Å². The third-order valence-electron chi connectivity index (χ3n) is 4.60. The number of benzene rings is 1. The molecule has 1 unspecified atom stereocenters. The third kappa shape index (κ3) is 5.09. The Bertz CT molecular complexity index is 814. The Labute approximate surface area is 169 Å². The molecule has 0 aromatic heterocycles. The van der Waals surface area contributed by atoms with Crippen LogP contribution in [-0.2, 0) is 0 Å². The van der Waals surface area contributed by atoms with Crippen molar-refractivity contribution in [3.63, 3.8) is 0 Å². The van der Waals surface area contributed by atoms with E-state index in [4.69, 9.17) is 28.6 Å². The van der Waals surface area contributed by atoms with Crippen molar-refractivity contribution in [2.24, 2.45) is 10.2 Å². The molecule has 1 atom stereocenters. The van der Waals surface area contributed by atoms with Crippen LogP contribution in [0.2, 0.25) is 10.0 Å². The van der Waals surface area contributed by atoms with E-state index in [0.29, 0.717) is 39.2 Å². The van der Waals surface area contributed by atoms with E-state index in [1.54, 1.807) is 25.1 Å². The molecule has 144 valence electrons. The normalized spacial score (nSPS) is 22.1. The lowest BCUT2D eigenvalue weighted by Crippen LogP contribution is -2.52. The van der Waals surface area contributed by atoms with Crippen molar-refractivity contribution in [1.82, 2.24) is 15.5 Å². The molecule has 1 saturated heterocycles. The number of hydrogen-bond donors (Lipinski definition) is 3. The topological polar surface area (TPSA) is 75.9 Å². The minimum atomic E-state index is 0.322. The molecule has 1 fully saturated rings. The second-order valence-corrected chi connectivity index (χ2v) is 7.61. The summed E-state index contributed by atoms with van der Waals surface area (Å²) in [7, 11) is 0. The summed E-state index contributed by atoms with van der Waals surface area (Å²) < 4.78 is 0. The van der Waals surface area contributed by atoms with Crippen molar-refractivity contribution in [1.29, 1.82) is 5.41 Å². The fourth-order valence-electron chi connectivity index (χ4n) is 3.29. The number of piperidine rings is 1. The van der Waals surface area contributed by atoms with Crippen LogP contribution < -0.4 is 10.6 Å². The second-order valence-electron chi connectivity index (χ2n) is 6.76. The highest BCUT2D eigenvalue weighted by atomic mass is 35.5. The molecule has 3 N–H and O–H groups in total. The zero-order chi connectivity index (χ0) is 19.4. The molecule has 2 heterocycles. The first kappa shape index (κ1) is 19.9. The van der Waals surface area contributed by atoms with E-state index in [0.717, 1.165) is 38.0 Å². The maximum Gasteiger partial charge on any atom is 0.221 e. The highest BCUT2D eigenvalue weighted by molar-refractivity contribution is 6.38. The van der Waals surface area contributed by atoms with Crippen molar-refractivity contribution in [3.05, 3.63) is 45.6 Å². The number of allylic oxidation sites excluding steroid dienone is 2. The first-order chi connectivity index (χ1) is 13.0. The summed E-state index contributed by atoms with van der Waals surface area (Å²) in [6, 6.07) is 5.57. The standard InChI is InChI=1S/C19H24Cl2N6/c1-3-27-8-4-5-14(11-27)23-19-24-17(9-12(2)22)18(25-26-19)15-7-6-13(20)10-16(15)21/h6-7,9-10,14,22H,3-5,8,11H2,1-2H3,(H2,23,24,26)/b17-9-,22-12?. The van der Waals surface area contributed by atoms with Crippen LogP contribution >= 0.6 is 23.2 Å². The van der Waals surface area contributed by atoms with Crippen LogP contribution in [0.5, 0.6) is 0 Å². The predicted molar refractivity (Wildman–Crippen MR) is 113 cm³/mol. The molecular formula is C19H24Cl2N6. The van der Waals surface area contributed by atoms with E-state index in [9.17, 15) is 0 Å². The van der Waals surface area contributed by atoms with Gasteiger partial charge in [0, 0.05) is 28.9 Å². The zero-order valence-corrected chi connectivity index (χ0v) is 17.0. The van der Waals surface area contributed by atoms with Crippen molar-refractivity contribution >= 4 is 40.6 Å². The maximum atomic E-state index is 7.85. The van der Waals surface area contributed by atoms with Gasteiger partial charge >= 0.3 is 0 Å². The summed E-state index contributed by atoms with van der Waals surface area (Å²) in [6.45, 7) is 7.07. The third-order valence-corrected chi connectivity index (χ3v) is 5.15.